The number of nitrogens with one attached hydrogen (secondary N) is 1. The molecule has 2 aliphatic rings. The van der Waals surface area contributed by atoms with Gasteiger partial charge in [0.1, 0.15) is 11.4 Å². The summed E-state index contributed by atoms with van der Waals surface area (Å²) in [7, 11) is 0. The van der Waals surface area contributed by atoms with E-state index >= 15 is 0 Å². The van der Waals surface area contributed by atoms with Crippen molar-refractivity contribution < 1.29 is 32.7 Å². The fourth-order valence-electron chi connectivity index (χ4n) is 5.94. The number of amides is 2. The van der Waals surface area contributed by atoms with Crippen molar-refractivity contribution in [1.82, 2.24) is 10.2 Å². The van der Waals surface area contributed by atoms with E-state index in [-0.39, 0.29) is 36.2 Å². The van der Waals surface area contributed by atoms with Crippen LogP contribution < -0.4 is 5.32 Å². The third-order valence-electron chi connectivity index (χ3n) is 8.19. The lowest BCUT2D eigenvalue weighted by atomic mass is 9.79. The highest BCUT2D eigenvalue weighted by Gasteiger charge is 2.51. The lowest BCUT2D eigenvalue weighted by molar-refractivity contribution is -0.138. The second-order valence-electron chi connectivity index (χ2n) is 10.9. The monoisotopic (exact) mass is 571 g/mol. The fraction of sp³-hybridized carbons (Fsp3) is 0.484. The molecule has 41 heavy (non-hydrogen) atoms. The molecule has 0 radical (unpaired) electrons. The highest BCUT2D eigenvalue weighted by Crippen LogP contribution is 2.47. The minimum absolute atomic E-state index is 0.00753. The topological polar surface area (TPSA) is 99.1 Å². The van der Waals surface area contributed by atoms with Gasteiger partial charge in [0.15, 0.2) is 0 Å². The van der Waals surface area contributed by atoms with Crippen molar-refractivity contribution in [3.8, 4) is 0 Å². The molecule has 7 nitrogen and oxygen atoms in total. The molecule has 1 saturated carbocycles. The molecule has 0 aromatic heterocycles. The van der Waals surface area contributed by atoms with Crippen LogP contribution in [0.1, 0.15) is 98.3 Å². The van der Waals surface area contributed by atoms with Crippen molar-refractivity contribution in [1.29, 1.82) is 0 Å². The molecule has 2 N–H and O–H groups in total. The lowest BCUT2D eigenvalue weighted by Gasteiger charge is -2.45. The van der Waals surface area contributed by atoms with E-state index in [4.69, 9.17) is 10.1 Å². The SMILES string of the molecule is CCC[C@H](c1ccc(C(=O)NCCC(=O)O)cc1)N1C(=O)C(c2cccc(C(F)(F)F)c2)=NC12CCC(CC)CC2. The standard InChI is InChI=1S/C31H36F3N3O4/c1-3-6-25(21-9-11-22(12-10-21)28(40)35-18-15-26(38)39)37-29(41)27(23-7-5-8-24(19-23)31(32,33)34)36-30(37)16-13-20(4-2)14-17-30/h5,7-12,19-20,25H,3-4,6,13-18H2,1-2H3,(H,35,40)(H,38,39)/t20?,25-,30?/m1/s1. The molecule has 1 fully saturated rings. The zero-order valence-corrected chi connectivity index (χ0v) is 23.3. The van der Waals surface area contributed by atoms with Crippen molar-refractivity contribution in [2.45, 2.75) is 83.1 Å². The van der Waals surface area contributed by atoms with Gasteiger partial charge < -0.3 is 15.3 Å². The number of aliphatic imine (C=N–C) groups is 1. The Hall–Kier alpha value is -3.69. The van der Waals surface area contributed by atoms with E-state index in [9.17, 15) is 27.6 Å². The van der Waals surface area contributed by atoms with Crippen molar-refractivity contribution >= 4 is 23.5 Å². The molecule has 10 heteroatoms. The molecular weight excluding hydrogens is 535 g/mol. The summed E-state index contributed by atoms with van der Waals surface area (Å²) in [6, 6.07) is 11.3. The molecule has 2 aromatic carbocycles. The van der Waals surface area contributed by atoms with Gasteiger partial charge in [-0.05, 0) is 67.9 Å². The number of carbonyl (C=O) groups is 3. The zero-order valence-electron chi connectivity index (χ0n) is 23.3. The molecule has 0 bridgehead atoms. The number of halogens is 3. The molecule has 0 saturated heterocycles. The van der Waals surface area contributed by atoms with Crippen LogP contribution in [0.2, 0.25) is 0 Å². The summed E-state index contributed by atoms with van der Waals surface area (Å²) >= 11 is 0. The van der Waals surface area contributed by atoms with E-state index in [0.29, 0.717) is 30.7 Å². The first kappa shape index (κ1) is 30.3. The third-order valence-corrected chi connectivity index (χ3v) is 8.19. The van der Waals surface area contributed by atoms with Gasteiger partial charge in [-0.3, -0.25) is 19.4 Å². The Morgan fingerprint density at radius 1 is 1.12 bits per heavy atom. The molecule has 2 amide bonds. The second kappa shape index (κ2) is 12.4. The number of carbonyl (C=O) groups excluding carboxylic acids is 2. The van der Waals surface area contributed by atoms with Crippen LogP contribution in [0, 0.1) is 5.92 Å². The minimum atomic E-state index is -4.54. The number of aliphatic carboxylic acids is 1. The van der Waals surface area contributed by atoms with Crippen molar-refractivity contribution in [2.75, 3.05) is 6.54 Å². The Morgan fingerprint density at radius 2 is 1.80 bits per heavy atom. The molecule has 1 aliphatic carbocycles. The molecule has 0 unspecified atom stereocenters. The van der Waals surface area contributed by atoms with Crippen molar-refractivity contribution in [3.05, 3.63) is 70.8 Å². The Morgan fingerprint density at radius 3 is 2.39 bits per heavy atom. The quantitative estimate of drug-likeness (QED) is 0.346. The van der Waals surface area contributed by atoms with E-state index in [1.807, 2.05) is 6.92 Å². The first-order chi connectivity index (χ1) is 19.5. The van der Waals surface area contributed by atoms with Gasteiger partial charge in [0.25, 0.3) is 11.8 Å². The molecule has 4 rings (SSSR count). The number of rotatable bonds is 10. The minimum Gasteiger partial charge on any atom is -0.481 e. The highest BCUT2D eigenvalue weighted by molar-refractivity contribution is 6.46. The summed E-state index contributed by atoms with van der Waals surface area (Å²) in [5, 5.41) is 11.4. The maximum absolute atomic E-state index is 14.1. The van der Waals surface area contributed by atoms with Crippen LogP contribution in [0.25, 0.3) is 0 Å². The van der Waals surface area contributed by atoms with E-state index in [2.05, 4.69) is 12.2 Å². The molecule has 1 atom stereocenters. The van der Waals surface area contributed by atoms with Gasteiger partial charge in [-0.1, -0.05) is 51.0 Å². The molecule has 1 aliphatic heterocycles. The van der Waals surface area contributed by atoms with E-state index in [1.54, 1.807) is 29.2 Å². The average molecular weight is 572 g/mol. The first-order valence-corrected chi connectivity index (χ1v) is 14.2. The van der Waals surface area contributed by atoms with Crippen LogP contribution in [-0.2, 0) is 15.8 Å². The number of carboxylic acid groups (broad SMARTS) is 1. The van der Waals surface area contributed by atoms with Gasteiger partial charge in [-0.15, -0.1) is 0 Å². The Bertz CT molecular complexity index is 1300. The van der Waals surface area contributed by atoms with E-state index in [0.717, 1.165) is 43.4 Å². The van der Waals surface area contributed by atoms with Crippen LogP contribution in [0.5, 0.6) is 0 Å². The first-order valence-electron chi connectivity index (χ1n) is 14.2. The number of hydrogen-bond donors (Lipinski definition) is 2. The highest BCUT2D eigenvalue weighted by atomic mass is 19.4. The van der Waals surface area contributed by atoms with Crippen LogP contribution in [0.15, 0.2) is 53.5 Å². The summed E-state index contributed by atoms with van der Waals surface area (Å²) in [4.78, 5) is 44.1. The summed E-state index contributed by atoms with van der Waals surface area (Å²) in [5.41, 5.74) is -0.288. The van der Waals surface area contributed by atoms with E-state index in [1.165, 1.54) is 12.1 Å². The summed E-state index contributed by atoms with van der Waals surface area (Å²) in [6.45, 7) is 4.15. The number of nitrogens with zero attached hydrogens (tertiary/aromatic N) is 2. The summed E-state index contributed by atoms with van der Waals surface area (Å²) in [6.07, 6.45) is 0.646. The fourth-order valence-corrected chi connectivity index (χ4v) is 5.94. The number of benzene rings is 2. The lowest BCUT2D eigenvalue weighted by Crippen LogP contribution is -2.50. The van der Waals surface area contributed by atoms with Gasteiger partial charge in [0.05, 0.1) is 18.0 Å². The Kier molecular flexibility index (Phi) is 9.19. The predicted octanol–water partition coefficient (Wildman–Crippen LogP) is 6.38. The zero-order chi connectivity index (χ0) is 29.8. The summed E-state index contributed by atoms with van der Waals surface area (Å²) in [5.74, 6) is -1.28. The molecule has 220 valence electrons. The molecule has 1 heterocycles. The maximum Gasteiger partial charge on any atom is 0.416 e. The van der Waals surface area contributed by atoms with Crippen molar-refractivity contribution in [2.24, 2.45) is 10.9 Å². The number of carboxylic acids is 1. The second-order valence-corrected chi connectivity index (χ2v) is 10.9. The van der Waals surface area contributed by atoms with Gasteiger partial charge in [0, 0.05) is 17.7 Å². The number of alkyl halides is 3. The van der Waals surface area contributed by atoms with Crippen LogP contribution >= 0.6 is 0 Å². The molecule has 1 spiro atoms. The Balaban J connectivity index is 1.69. The maximum atomic E-state index is 14.1. The molecular formula is C31H36F3N3O4. The average Bonchev–Trinajstić information content (AvgIpc) is 3.22. The third kappa shape index (κ3) is 6.63. The molecule has 2 aromatic rings. The largest absolute Gasteiger partial charge is 0.481 e. The van der Waals surface area contributed by atoms with Crippen LogP contribution in [0.3, 0.4) is 0 Å². The summed E-state index contributed by atoms with van der Waals surface area (Å²) < 4.78 is 40.5. The van der Waals surface area contributed by atoms with Crippen LogP contribution in [0.4, 0.5) is 13.2 Å². The predicted molar refractivity (Wildman–Crippen MR) is 148 cm³/mol. The van der Waals surface area contributed by atoms with Gasteiger partial charge >= 0.3 is 12.1 Å². The van der Waals surface area contributed by atoms with Gasteiger partial charge in [-0.25, -0.2) is 0 Å². The Labute approximate surface area is 237 Å². The number of hydrogen-bond acceptors (Lipinski definition) is 4. The van der Waals surface area contributed by atoms with Crippen molar-refractivity contribution in [3.63, 3.8) is 0 Å². The van der Waals surface area contributed by atoms with Crippen LogP contribution in [-0.4, -0.2) is 45.7 Å². The van der Waals surface area contributed by atoms with Gasteiger partial charge in [-0.2, -0.15) is 13.2 Å². The smallest absolute Gasteiger partial charge is 0.416 e. The normalized spacial score (nSPS) is 21.6. The van der Waals surface area contributed by atoms with Gasteiger partial charge in [0.2, 0.25) is 0 Å². The van der Waals surface area contributed by atoms with E-state index < -0.39 is 29.3 Å².